The molecule has 2 aromatic rings. The highest BCUT2D eigenvalue weighted by atomic mass is 19.4. The van der Waals surface area contributed by atoms with Crippen LogP contribution in [0, 0.1) is 0 Å². The van der Waals surface area contributed by atoms with Crippen LogP contribution in [0.4, 0.5) is 18.9 Å². The van der Waals surface area contributed by atoms with Gasteiger partial charge in [0.2, 0.25) is 0 Å². The van der Waals surface area contributed by atoms with Gasteiger partial charge in [0, 0.05) is 6.42 Å². The Morgan fingerprint density at radius 1 is 1.08 bits per heavy atom. The van der Waals surface area contributed by atoms with Gasteiger partial charge in [-0.3, -0.25) is 4.79 Å². The summed E-state index contributed by atoms with van der Waals surface area (Å²) in [4.78, 5) is 24.1. The molecule has 2 aromatic carbocycles. The first-order valence-corrected chi connectivity index (χ1v) is 7.12. The van der Waals surface area contributed by atoms with Crippen LogP contribution in [-0.4, -0.2) is 18.0 Å². The standard InChI is InChI=1S/C17H12F3NO3/c18-17(19,20)12-7-3-4-8-13(12)21-15(22)14-9-10-5-1-2-6-11(10)16(23)24-14/h1-8,14H,9H2,(H,21,22)/t14-/m0/s1. The van der Waals surface area contributed by atoms with E-state index in [-0.39, 0.29) is 12.1 Å². The second-order valence-electron chi connectivity index (χ2n) is 5.29. The minimum atomic E-state index is -4.60. The molecule has 0 aromatic heterocycles. The summed E-state index contributed by atoms with van der Waals surface area (Å²) in [7, 11) is 0. The number of rotatable bonds is 2. The summed E-state index contributed by atoms with van der Waals surface area (Å²) >= 11 is 0. The maximum absolute atomic E-state index is 13.0. The van der Waals surface area contributed by atoms with Crippen LogP contribution in [0.25, 0.3) is 0 Å². The monoisotopic (exact) mass is 335 g/mol. The molecule has 1 heterocycles. The fraction of sp³-hybridized carbons (Fsp3) is 0.176. The summed E-state index contributed by atoms with van der Waals surface area (Å²) in [5.41, 5.74) is -0.346. The molecule has 0 fully saturated rings. The molecule has 1 aliphatic heterocycles. The fourth-order valence-electron chi connectivity index (χ4n) is 2.53. The molecule has 3 rings (SSSR count). The van der Waals surface area contributed by atoms with Crippen LogP contribution in [0.3, 0.4) is 0 Å². The predicted octanol–water partition coefficient (Wildman–Crippen LogP) is 3.43. The zero-order valence-corrected chi connectivity index (χ0v) is 12.3. The summed E-state index contributed by atoms with van der Waals surface area (Å²) in [6, 6.07) is 11.3. The van der Waals surface area contributed by atoms with Crippen molar-refractivity contribution in [1.29, 1.82) is 0 Å². The molecule has 0 aliphatic carbocycles. The molecule has 4 nitrogen and oxygen atoms in total. The van der Waals surface area contributed by atoms with Gasteiger partial charge >= 0.3 is 12.1 Å². The minimum Gasteiger partial charge on any atom is -0.448 e. The number of hydrogen-bond donors (Lipinski definition) is 1. The van der Waals surface area contributed by atoms with Gasteiger partial charge in [-0.25, -0.2) is 4.79 Å². The number of amides is 1. The van der Waals surface area contributed by atoms with Gasteiger partial charge in [-0.2, -0.15) is 13.2 Å². The first kappa shape index (κ1) is 16.0. The van der Waals surface area contributed by atoms with E-state index in [1.165, 1.54) is 12.1 Å². The van der Waals surface area contributed by atoms with Gasteiger partial charge in [-0.05, 0) is 23.8 Å². The van der Waals surface area contributed by atoms with E-state index in [1.54, 1.807) is 24.3 Å². The molecule has 1 N–H and O–H groups in total. The average molecular weight is 335 g/mol. The highest BCUT2D eigenvalue weighted by molar-refractivity contribution is 6.00. The number of carbonyl (C=O) groups excluding carboxylic acids is 2. The van der Waals surface area contributed by atoms with Crippen molar-refractivity contribution >= 4 is 17.6 Å². The third-order valence-corrected chi connectivity index (χ3v) is 3.67. The van der Waals surface area contributed by atoms with Crippen LogP contribution in [0.1, 0.15) is 21.5 Å². The summed E-state index contributed by atoms with van der Waals surface area (Å²) in [5, 5.41) is 2.20. The lowest BCUT2D eigenvalue weighted by atomic mass is 9.98. The van der Waals surface area contributed by atoms with E-state index in [4.69, 9.17) is 4.74 Å². The van der Waals surface area contributed by atoms with E-state index in [9.17, 15) is 22.8 Å². The Labute approximate surface area is 135 Å². The Morgan fingerprint density at radius 3 is 2.50 bits per heavy atom. The highest BCUT2D eigenvalue weighted by Crippen LogP contribution is 2.34. The largest absolute Gasteiger partial charge is 0.448 e. The van der Waals surface area contributed by atoms with Crippen molar-refractivity contribution in [1.82, 2.24) is 0 Å². The van der Waals surface area contributed by atoms with Crippen LogP contribution >= 0.6 is 0 Å². The van der Waals surface area contributed by atoms with Gasteiger partial charge in [0.15, 0.2) is 6.10 Å². The van der Waals surface area contributed by atoms with Crippen molar-refractivity contribution in [3.05, 3.63) is 65.2 Å². The van der Waals surface area contributed by atoms with E-state index >= 15 is 0 Å². The molecule has 1 aliphatic rings. The van der Waals surface area contributed by atoms with Crippen molar-refractivity contribution in [3.63, 3.8) is 0 Å². The summed E-state index contributed by atoms with van der Waals surface area (Å²) in [6.45, 7) is 0. The Morgan fingerprint density at radius 2 is 1.75 bits per heavy atom. The van der Waals surface area contributed by atoms with Gasteiger partial charge in [0.25, 0.3) is 5.91 Å². The van der Waals surface area contributed by atoms with Crippen molar-refractivity contribution in [2.75, 3.05) is 5.32 Å². The van der Waals surface area contributed by atoms with Crippen LogP contribution < -0.4 is 5.32 Å². The Bertz CT molecular complexity index is 802. The van der Waals surface area contributed by atoms with E-state index < -0.39 is 29.7 Å². The lowest BCUT2D eigenvalue weighted by Gasteiger charge is -2.24. The quantitative estimate of drug-likeness (QED) is 0.856. The molecule has 0 saturated carbocycles. The molecule has 24 heavy (non-hydrogen) atoms. The van der Waals surface area contributed by atoms with Gasteiger partial charge in [-0.1, -0.05) is 30.3 Å². The first-order chi connectivity index (χ1) is 11.4. The smallest absolute Gasteiger partial charge is 0.418 e. The normalized spacial score (nSPS) is 17.0. The lowest BCUT2D eigenvalue weighted by Crippen LogP contribution is -2.38. The molecular formula is C17H12F3NO3. The van der Waals surface area contributed by atoms with Gasteiger partial charge in [0.05, 0.1) is 16.8 Å². The first-order valence-electron chi connectivity index (χ1n) is 7.12. The molecule has 0 saturated heterocycles. The molecule has 1 atom stereocenters. The second kappa shape index (κ2) is 5.99. The number of anilines is 1. The van der Waals surface area contributed by atoms with Gasteiger partial charge in [-0.15, -0.1) is 0 Å². The van der Waals surface area contributed by atoms with Crippen LogP contribution in [0.15, 0.2) is 48.5 Å². The number of benzene rings is 2. The number of carbonyl (C=O) groups is 2. The maximum Gasteiger partial charge on any atom is 0.418 e. The van der Waals surface area contributed by atoms with Crippen molar-refractivity contribution in [3.8, 4) is 0 Å². The molecule has 7 heteroatoms. The number of fused-ring (bicyclic) bond motifs is 1. The third-order valence-electron chi connectivity index (χ3n) is 3.67. The van der Waals surface area contributed by atoms with Gasteiger partial charge in [0.1, 0.15) is 0 Å². The lowest BCUT2D eigenvalue weighted by molar-refractivity contribution is -0.137. The average Bonchev–Trinajstić information content (AvgIpc) is 2.54. The van der Waals surface area contributed by atoms with E-state index in [2.05, 4.69) is 5.32 Å². The summed E-state index contributed by atoms with van der Waals surface area (Å²) in [5.74, 6) is -1.46. The number of hydrogen-bond acceptors (Lipinski definition) is 3. The summed E-state index contributed by atoms with van der Waals surface area (Å²) < 4.78 is 43.9. The number of esters is 1. The van der Waals surface area contributed by atoms with E-state index in [0.717, 1.165) is 12.1 Å². The number of nitrogens with one attached hydrogen (secondary N) is 1. The van der Waals surface area contributed by atoms with E-state index in [1.807, 2.05) is 0 Å². The topological polar surface area (TPSA) is 55.4 Å². The van der Waals surface area contributed by atoms with Crippen molar-refractivity contribution < 1.29 is 27.5 Å². The highest BCUT2D eigenvalue weighted by Gasteiger charge is 2.35. The Hall–Kier alpha value is -2.83. The second-order valence-corrected chi connectivity index (χ2v) is 5.29. The number of para-hydroxylation sites is 1. The third kappa shape index (κ3) is 3.10. The molecule has 1 amide bonds. The SMILES string of the molecule is O=C1O[C@H](C(=O)Nc2ccccc2C(F)(F)F)Cc2ccccc21. The molecule has 124 valence electrons. The van der Waals surface area contributed by atoms with Crippen molar-refractivity contribution in [2.24, 2.45) is 0 Å². The number of ether oxygens (including phenoxy) is 1. The van der Waals surface area contributed by atoms with Crippen LogP contribution in [-0.2, 0) is 22.1 Å². The number of halogens is 3. The zero-order chi connectivity index (χ0) is 17.3. The van der Waals surface area contributed by atoms with Crippen LogP contribution in [0.2, 0.25) is 0 Å². The van der Waals surface area contributed by atoms with Crippen molar-refractivity contribution in [2.45, 2.75) is 18.7 Å². The number of cyclic esters (lactones) is 1. The van der Waals surface area contributed by atoms with Gasteiger partial charge < -0.3 is 10.1 Å². The van der Waals surface area contributed by atoms with E-state index in [0.29, 0.717) is 11.1 Å². The summed E-state index contributed by atoms with van der Waals surface area (Å²) in [6.07, 6.45) is -5.66. The minimum absolute atomic E-state index is 0.113. The fourth-order valence-corrected chi connectivity index (χ4v) is 2.53. The maximum atomic E-state index is 13.0. The molecule has 0 unspecified atom stereocenters. The number of alkyl halides is 3. The zero-order valence-electron chi connectivity index (χ0n) is 12.3. The molecule has 0 radical (unpaired) electrons. The Balaban J connectivity index is 1.81. The van der Waals surface area contributed by atoms with Crippen LogP contribution in [0.5, 0.6) is 0 Å². The molecule has 0 bridgehead atoms. The predicted molar refractivity (Wildman–Crippen MR) is 79.4 cm³/mol. The molecule has 0 spiro atoms. The molecular weight excluding hydrogens is 323 g/mol. The Kier molecular flexibility index (Phi) is 4.01.